The van der Waals surface area contributed by atoms with Gasteiger partial charge in [-0.2, -0.15) is 4.98 Å². The normalized spacial score (nSPS) is 17.7. The van der Waals surface area contributed by atoms with Crippen LogP contribution in [0, 0.1) is 0 Å². The van der Waals surface area contributed by atoms with E-state index in [1.807, 2.05) is 18.2 Å². The van der Waals surface area contributed by atoms with Gasteiger partial charge >= 0.3 is 6.01 Å². The predicted octanol–water partition coefficient (Wildman–Crippen LogP) is 4.74. The highest BCUT2D eigenvalue weighted by Crippen LogP contribution is 2.39. The van der Waals surface area contributed by atoms with Gasteiger partial charge in [-0.3, -0.25) is 0 Å². The fourth-order valence-corrected chi connectivity index (χ4v) is 4.04. The van der Waals surface area contributed by atoms with E-state index in [-0.39, 0.29) is 5.54 Å². The van der Waals surface area contributed by atoms with Crippen LogP contribution in [0.1, 0.15) is 37.7 Å². The number of nitrogens with zero attached hydrogens (tertiary/aromatic N) is 3. The molecular formula is C19H21Cl2N5O. The smallest absolute Gasteiger partial charge is 0.318 e. The fraction of sp³-hybridized carbons (Fsp3) is 0.421. The van der Waals surface area contributed by atoms with E-state index in [4.69, 9.17) is 32.9 Å². The quantitative estimate of drug-likeness (QED) is 0.771. The Labute approximate surface area is 168 Å². The molecule has 27 heavy (non-hydrogen) atoms. The van der Waals surface area contributed by atoms with Gasteiger partial charge in [0.1, 0.15) is 5.84 Å². The minimum atomic E-state index is -0.209. The fourth-order valence-electron chi connectivity index (χ4n) is 3.72. The lowest BCUT2D eigenvalue weighted by molar-refractivity contribution is 0.377. The van der Waals surface area contributed by atoms with Gasteiger partial charge in [0.25, 0.3) is 0 Å². The van der Waals surface area contributed by atoms with Crippen LogP contribution in [-0.2, 0) is 6.54 Å². The molecule has 2 heterocycles. The van der Waals surface area contributed by atoms with Crippen molar-refractivity contribution >= 4 is 40.5 Å². The first-order valence-electron chi connectivity index (χ1n) is 9.06. The van der Waals surface area contributed by atoms with E-state index in [2.05, 4.69) is 20.6 Å². The number of hydrogen-bond acceptors (Lipinski definition) is 6. The lowest BCUT2D eigenvalue weighted by atomic mass is 9.79. The zero-order chi connectivity index (χ0) is 18.9. The highest BCUT2D eigenvalue weighted by Gasteiger charge is 2.40. The van der Waals surface area contributed by atoms with Gasteiger partial charge in [0.2, 0.25) is 0 Å². The molecular weight excluding hydrogens is 385 g/mol. The number of aliphatic imine (C=N–C) groups is 1. The Bertz CT molecular complexity index is 880. The largest absolute Gasteiger partial charge is 0.467 e. The summed E-state index contributed by atoms with van der Waals surface area (Å²) in [6.45, 7) is 0.608. The summed E-state index contributed by atoms with van der Waals surface area (Å²) in [6, 6.07) is 5.96. The summed E-state index contributed by atoms with van der Waals surface area (Å²) in [6.07, 6.45) is 7.35. The molecule has 4 rings (SSSR count). The Morgan fingerprint density at radius 1 is 1.19 bits per heavy atom. The van der Waals surface area contributed by atoms with Crippen LogP contribution in [-0.4, -0.2) is 28.5 Å². The molecule has 142 valence electrons. The van der Waals surface area contributed by atoms with Gasteiger partial charge in [-0.05, 0) is 30.5 Å². The van der Waals surface area contributed by atoms with Gasteiger partial charge in [-0.15, -0.1) is 0 Å². The molecule has 2 N–H and O–H groups in total. The number of rotatable bonds is 3. The van der Waals surface area contributed by atoms with Gasteiger partial charge in [0.05, 0.1) is 34.6 Å². The lowest BCUT2D eigenvalue weighted by Crippen LogP contribution is -2.54. The van der Waals surface area contributed by atoms with Crippen LogP contribution in [0.4, 0.5) is 11.5 Å². The summed E-state index contributed by atoms with van der Waals surface area (Å²) in [5.74, 6) is 1.50. The molecule has 0 radical (unpaired) electrons. The molecule has 0 atom stereocenters. The molecule has 2 aliphatic rings. The van der Waals surface area contributed by atoms with E-state index in [1.54, 1.807) is 13.3 Å². The van der Waals surface area contributed by atoms with Crippen molar-refractivity contribution in [3.8, 4) is 6.01 Å². The van der Waals surface area contributed by atoms with Crippen LogP contribution >= 0.6 is 23.2 Å². The summed E-state index contributed by atoms with van der Waals surface area (Å²) < 4.78 is 5.14. The summed E-state index contributed by atoms with van der Waals surface area (Å²) in [4.78, 5) is 13.4. The topological polar surface area (TPSA) is 71.4 Å². The number of anilines is 1. The Hall–Kier alpha value is -2.05. The van der Waals surface area contributed by atoms with Crippen molar-refractivity contribution in [2.45, 2.75) is 44.2 Å². The van der Waals surface area contributed by atoms with Gasteiger partial charge in [-0.1, -0.05) is 48.5 Å². The van der Waals surface area contributed by atoms with Crippen molar-refractivity contribution < 1.29 is 4.74 Å². The van der Waals surface area contributed by atoms with Crippen LogP contribution in [0.15, 0.2) is 29.4 Å². The Kier molecular flexibility index (Phi) is 5.10. The van der Waals surface area contributed by atoms with Gasteiger partial charge in [-0.25, -0.2) is 9.98 Å². The van der Waals surface area contributed by atoms with E-state index in [1.165, 1.54) is 6.42 Å². The maximum Gasteiger partial charge on any atom is 0.318 e. The zero-order valence-corrected chi connectivity index (χ0v) is 16.6. The van der Waals surface area contributed by atoms with Crippen LogP contribution in [0.25, 0.3) is 0 Å². The third-order valence-electron chi connectivity index (χ3n) is 5.13. The van der Waals surface area contributed by atoms with Gasteiger partial charge in [0, 0.05) is 6.54 Å². The number of halogens is 2. The first-order valence-corrected chi connectivity index (χ1v) is 9.81. The van der Waals surface area contributed by atoms with Crippen molar-refractivity contribution in [2.24, 2.45) is 4.99 Å². The minimum absolute atomic E-state index is 0.209. The van der Waals surface area contributed by atoms with Crippen molar-refractivity contribution in [3.63, 3.8) is 0 Å². The molecule has 6 nitrogen and oxygen atoms in total. The second-order valence-electron chi connectivity index (χ2n) is 6.92. The van der Waals surface area contributed by atoms with Crippen LogP contribution < -0.4 is 15.4 Å². The van der Waals surface area contributed by atoms with E-state index in [0.717, 1.165) is 42.8 Å². The molecule has 1 fully saturated rings. The maximum absolute atomic E-state index is 6.14. The van der Waals surface area contributed by atoms with Crippen molar-refractivity contribution in [1.29, 1.82) is 0 Å². The minimum Gasteiger partial charge on any atom is -0.467 e. The second kappa shape index (κ2) is 7.52. The van der Waals surface area contributed by atoms with E-state index in [0.29, 0.717) is 28.4 Å². The molecule has 8 heteroatoms. The number of nitrogens with one attached hydrogen (secondary N) is 2. The lowest BCUT2D eigenvalue weighted by Gasteiger charge is -2.42. The Morgan fingerprint density at radius 3 is 2.74 bits per heavy atom. The van der Waals surface area contributed by atoms with E-state index >= 15 is 0 Å². The number of aromatic nitrogens is 2. The van der Waals surface area contributed by atoms with Crippen LogP contribution in [0.2, 0.25) is 10.0 Å². The van der Waals surface area contributed by atoms with Crippen molar-refractivity contribution in [2.75, 3.05) is 12.4 Å². The number of ether oxygens (including phenoxy) is 1. The molecule has 1 aromatic carbocycles. The zero-order valence-electron chi connectivity index (χ0n) is 15.1. The number of fused-ring (bicyclic) bond motifs is 1. The van der Waals surface area contributed by atoms with Crippen molar-refractivity contribution in [3.05, 3.63) is 40.0 Å². The van der Waals surface area contributed by atoms with E-state index < -0.39 is 0 Å². The third-order valence-corrected chi connectivity index (χ3v) is 5.86. The molecule has 1 spiro atoms. The molecule has 1 aromatic heterocycles. The molecule has 2 aromatic rings. The second-order valence-corrected chi connectivity index (χ2v) is 7.74. The number of hydrogen-bond donors (Lipinski definition) is 2. The summed E-state index contributed by atoms with van der Waals surface area (Å²) in [7, 11) is 1.55. The van der Waals surface area contributed by atoms with Gasteiger partial charge in [0.15, 0.2) is 5.82 Å². The average Bonchev–Trinajstić information content (AvgIpc) is 2.69. The summed E-state index contributed by atoms with van der Waals surface area (Å²) in [5, 5.41) is 8.26. The van der Waals surface area contributed by atoms with Crippen molar-refractivity contribution in [1.82, 2.24) is 15.3 Å². The van der Waals surface area contributed by atoms with Gasteiger partial charge < -0.3 is 15.4 Å². The van der Waals surface area contributed by atoms with E-state index in [9.17, 15) is 0 Å². The molecule has 0 bridgehead atoms. The summed E-state index contributed by atoms with van der Waals surface area (Å²) >= 11 is 12.2. The number of methoxy groups -OCH3 is 1. The predicted molar refractivity (Wildman–Crippen MR) is 108 cm³/mol. The first-order chi connectivity index (χ1) is 13.1. The third kappa shape index (κ3) is 3.69. The maximum atomic E-state index is 6.14. The Morgan fingerprint density at radius 2 is 2.00 bits per heavy atom. The first kappa shape index (κ1) is 18.3. The highest BCUT2D eigenvalue weighted by molar-refractivity contribution is 6.42. The molecule has 0 unspecified atom stereocenters. The van der Waals surface area contributed by atoms with Crippen LogP contribution in [0.5, 0.6) is 6.01 Å². The standard InChI is InChI=1S/C19H21Cl2N5O/c1-27-18-23-11-15-16(25-18)24-17(19(26-15)7-3-2-4-8-19)22-10-12-5-6-13(20)14(21)9-12/h5-6,9,11,26H,2-4,7-8,10H2,1H3,(H,22,23,24,25). The number of benzene rings is 1. The molecule has 1 aliphatic heterocycles. The molecule has 0 amide bonds. The molecule has 0 saturated heterocycles. The molecule has 1 saturated carbocycles. The SMILES string of the molecule is COc1ncc2c(n1)N=C(NCc1ccc(Cl)c(Cl)c1)C1(CCCCC1)N2. The van der Waals surface area contributed by atoms with Crippen LogP contribution in [0.3, 0.4) is 0 Å². The monoisotopic (exact) mass is 405 g/mol. The molecule has 1 aliphatic carbocycles. The summed E-state index contributed by atoms with van der Waals surface area (Å²) in [5.41, 5.74) is 1.68. The number of amidine groups is 1. The highest BCUT2D eigenvalue weighted by atomic mass is 35.5. The Balaban J connectivity index is 1.64. The average molecular weight is 406 g/mol.